The lowest BCUT2D eigenvalue weighted by atomic mass is 10.3. The quantitative estimate of drug-likeness (QED) is 0.502. The fourth-order valence-corrected chi connectivity index (χ4v) is 0.851. The summed E-state index contributed by atoms with van der Waals surface area (Å²) in [6.07, 6.45) is 2.74. The highest BCUT2D eigenvalue weighted by Crippen LogP contribution is 1.97. The van der Waals surface area contributed by atoms with E-state index < -0.39 is 0 Å². The number of ether oxygens (including phenoxy) is 1. The zero-order chi connectivity index (χ0) is 5.82. The highest BCUT2D eigenvalue weighted by atomic mass is 16.5. The third-order valence-corrected chi connectivity index (χ3v) is 1.37. The van der Waals surface area contributed by atoms with Crippen LogP contribution in [0.3, 0.4) is 0 Å². The van der Waals surface area contributed by atoms with Crippen molar-refractivity contribution in [3.05, 3.63) is 0 Å². The van der Waals surface area contributed by atoms with Crippen LogP contribution in [0.4, 0.5) is 0 Å². The molecule has 2 heteroatoms. The Balaban J connectivity index is 2.17. The van der Waals surface area contributed by atoms with E-state index in [4.69, 9.17) is 4.74 Å². The summed E-state index contributed by atoms with van der Waals surface area (Å²) in [5.41, 5.74) is 0. The molecular weight excluding hydrogens is 102 g/mol. The van der Waals surface area contributed by atoms with E-state index in [1.54, 1.807) is 0 Å². The van der Waals surface area contributed by atoms with Crippen molar-refractivity contribution in [1.82, 2.24) is 5.32 Å². The second-order valence-corrected chi connectivity index (χ2v) is 2.17. The van der Waals surface area contributed by atoms with E-state index in [-0.39, 0.29) is 6.23 Å². The van der Waals surface area contributed by atoms with Gasteiger partial charge >= 0.3 is 0 Å². The van der Waals surface area contributed by atoms with E-state index in [9.17, 15) is 0 Å². The molecule has 1 aliphatic heterocycles. The predicted octanol–water partition coefficient (Wildman–Crippen LogP) is 0.732. The van der Waals surface area contributed by atoms with Crippen LogP contribution >= 0.6 is 0 Å². The number of hydrogen-bond donors (Lipinski definition) is 1. The normalized spacial score (nSPS) is 31.9. The molecule has 1 atom stereocenters. The lowest BCUT2D eigenvalue weighted by molar-refractivity contribution is 0.0567. The van der Waals surface area contributed by atoms with Crippen LogP contribution < -0.4 is 5.32 Å². The predicted molar refractivity (Wildman–Crippen MR) is 32.7 cm³/mol. The molecule has 1 fully saturated rings. The molecule has 1 aliphatic rings. The van der Waals surface area contributed by atoms with Gasteiger partial charge in [-0.05, 0) is 26.3 Å². The minimum absolute atomic E-state index is 0.275. The zero-order valence-electron chi connectivity index (χ0n) is 5.31. The van der Waals surface area contributed by atoms with E-state index in [1.807, 2.05) is 6.92 Å². The highest BCUT2D eigenvalue weighted by molar-refractivity contribution is 4.54. The highest BCUT2D eigenvalue weighted by Gasteiger charge is 2.03. The SMILES string of the molecule is CC1NCCCCO1. The molecule has 0 spiro atoms. The van der Waals surface area contributed by atoms with Gasteiger partial charge in [0.25, 0.3) is 0 Å². The van der Waals surface area contributed by atoms with Gasteiger partial charge in [-0.15, -0.1) is 0 Å². The maximum atomic E-state index is 5.29. The van der Waals surface area contributed by atoms with E-state index in [1.165, 1.54) is 12.8 Å². The average Bonchev–Trinajstić information content (AvgIpc) is 1.94. The van der Waals surface area contributed by atoms with Crippen molar-refractivity contribution in [2.45, 2.75) is 26.0 Å². The molecule has 0 bridgehead atoms. The molecule has 8 heavy (non-hydrogen) atoms. The van der Waals surface area contributed by atoms with Gasteiger partial charge in [-0.25, -0.2) is 0 Å². The summed E-state index contributed by atoms with van der Waals surface area (Å²) < 4.78 is 5.29. The zero-order valence-corrected chi connectivity index (χ0v) is 5.31. The van der Waals surface area contributed by atoms with E-state index >= 15 is 0 Å². The fraction of sp³-hybridized carbons (Fsp3) is 1.00. The second-order valence-electron chi connectivity index (χ2n) is 2.17. The van der Waals surface area contributed by atoms with Gasteiger partial charge in [0.15, 0.2) is 0 Å². The molecule has 0 saturated carbocycles. The molecule has 1 N–H and O–H groups in total. The summed E-state index contributed by atoms with van der Waals surface area (Å²) in [7, 11) is 0. The molecule has 1 rings (SSSR count). The maximum absolute atomic E-state index is 5.29. The lowest BCUT2D eigenvalue weighted by Crippen LogP contribution is -2.26. The van der Waals surface area contributed by atoms with Gasteiger partial charge < -0.3 is 4.74 Å². The minimum atomic E-state index is 0.275. The molecule has 0 amide bonds. The van der Waals surface area contributed by atoms with Crippen LogP contribution in [0.25, 0.3) is 0 Å². The van der Waals surface area contributed by atoms with Gasteiger partial charge in [-0.2, -0.15) is 0 Å². The third kappa shape index (κ3) is 1.80. The summed E-state index contributed by atoms with van der Waals surface area (Å²) in [6.45, 7) is 4.08. The molecule has 48 valence electrons. The summed E-state index contributed by atoms with van der Waals surface area (Å²) in [5.74, 6) is 0. The molecule has 2 nitrogen and oxygen atoms in total. The van der Waals surface area contributed by atoms with Crippen molar-refractivity contribution >= 4 is 0 Å². The maximum Gasteiger partial charge on any atom is 0.105 e. The Morgan fingerprint density at radius 3 is 3.25 bits per heavy atom. The number of nitrogens with one attached hydrogen (secondary N) is 1. The lowest BCUT2D eigenvalue weighted by Gasteiger charge is -2.07. The Bertz CT molecular complexity index is 57.5. The fourth-order valence-electron chi connectivity index (χ4n) is 0.851. The topological polar surface area (TPSA) is 21.3 Å². The van der Waals surface area contributed by atoms with E-state index in [0.717, 1.165) is 13.2 Å². The first-order valence-corrected chi connectivity index (χ1v) is 3.24. The summed E-state index contributed by atoms with van der Waals surface area (Å²) >= 11 is 0. The van der Waals surface area contributed by atoms with Crippen LogP contribution in [-0.2, 0) is 4.74 Å². The van der Waals surface area contributed by atoms with Gasteiger partial charge in [0.1, 0.15) is 6.23 Å². The molecule has 1 unspecified atom stereocenters. The smallest absolute Gasteiger partial charge is 0.105 e. The van der Waals surface area contributed by atoms with Gasteiger partial charge in [0.2, 0.25) is 0 Å². The Hall–Kier alpha value is -0.0800. The standard InChI is InChI=1S/C6H13NO/c1-6-7-4-2-3-5-8-6/h6-7H,2-5H2,1H3. The van der Waals surface area contributed by atoms with Crippen molar-refractivity contribution in [3.63, 3.8) is 0 Å². The minimum Gasteiger partial charge on any atom is -0.364 e. The van der Waals surface area contributed by atoms with Crippen LogP contribution in [0.2, 0.25) is 0 Å². The van der Waals surface area contributed by atoms with Crippen LogP contribution in [0.1, 0.15) is 19.8 Å². The molecule has 0 aromatic heterocycles. The molecular formula is C6H13NO. The Labute approximate surface area is 50.2 Å². The van der Waals surface area contributed by atoms with Crippen molar-refractivity contribution in [2.24, 2.45) is 0 Å². The summed E-state index contributed by atoms with van der Waals surface area (Å²) in [4.78, 5) is 0. The van der Waals surface area contributed by atoms with E-state index in [2.05, 4.69) is 5.32 Å². The van der Waals surface area contributed by atoms with Gasteiger partial charge in [-0.1, -0.05) is 0 Å². The van der Waals surface area contributed by atoms with Crippen LogP contribution in [0.15, 0.2) is 0 Å². The number of hydrogen-bond acceptors (Lipinski definition) is 2. The first-order valence-electron chi connectivity index (χ1n) is 3.24. The van der Waals surface area contributed by atoms with Crippen molar-refractivity contribution in [1.29, 1.82) is 0 Å². The first-order chi connectivity index (χ1) is 3.89. The molecule has 0 aliphatic carbocycles. The van der Waals surface area contributed by atoms with Gasteiger partial charge in [-0.3, -0.25) is 5.32 Å². The van der Waals surface area contributed by atoms with Gasteiger partial charge in [0, 0.05) is 6.61 Å². The Morgan fingerprint density at radius 2 is 2.38 bits per heavy atom. The Morgan fingerprint density at radius 1 is 1.50 bits per heavy atom. The average molecular weight is 115 g/mol. The molecule has 0 aromatic carbocycles. The third-order valence-electron chi connectivity index (χ3n) is 1.37. The van der Waals surface area contributed by atoms with Crippen molar-refractivity contribution in [2.75, 3.05) is 13.2 Å². The van der Waals surface area contributed by atoms with Crippen LogP contribution in [0, 0.1) is 0 Å². The largest absolute Gasteiger partial charge is 0.364 e. The number of rotatable bonds is 0. The molecule has 1 saturated heterocycles. The molecule has 0 aromatic rings. The van der Waals surface area contributed by atoms with Crippen LogP contribution in [0.5, 0.6) is 0 Å². The second kappa shape index (κ2) is 3.05. The molecule has 0 radical (unpaired) electrons. The van der Waals surface area contributed by atoms with Crippen molar-refractivity contribution < 1.29 is 4.74 Å². The summed E-state index contributed by atoms with van der Waals surface area (Å²) in [6, 6.07) is 0. The van der Waals surface area contributed by atoms with Crippen LogP contribution in [-0.4, -0.2) is 19.4 Å². The first kappa shape index (κ1) is 6.05. The molecule has 1 heterocycles. The monoisotopic (exact) mass is 115 g/mol. The van der Waals surface area contributed by atoms with E-state index in [0.29, 0.717) is 0 Å². The van der Waals surface area contributed by atoms with Crippen molar-refractivity contribution in [3.8, 4) is 0 Å². The Kier molecular flexibility index (Phi) is 2.30. The van der Waals surface area contributed by atoms with Gasteiger partial charge in [0.05, 0.1) is 0 Å². The summed E-state index contributed by atoms with van der Waals surface area (Å²) in [5, 5.41) is 3.22.